The second kappa shape index (κ2) is 8.71. The van der Waals surface area contributed by atoms with Gasteiger partial charge in [-0.3, -0.25) is 4.79 Å². The molecule has 0 spiro atoms. The molecular weight excluding hydrogens is 304 g/mol. The van der Waals surface area contributed by atoms with Gasteiger partial charge in [-0.15, -0.1) is 0 Å². The third kappa shape index (κ3) is 6.60. The Hall–Kier alpha value is -2.04. The molecule has 1 rings (SSSR count). The molecule has 5 heteroatoms. The Bertz CT molecular complexity index is 535. The first-order chi connectivity index (χ1) is 11.1. The number of alkyl carbamates (subject to hydrolysis) is 1. The third-order valence-corrected chi connectivity index (χ3v) is 3.51. The predicted octanol–water partition coefficient (Wildman–Crippen LogP) is 3.58. The quantitative estimate of drug-likeness (QED) is 0.865. The molecule has 1 N–H and O–H groups in total. The van der Waals surface area contributed by atoms with Gasteiger partial charge in [0.15, 0.2) is 0 Å². The first-order valence-electron chi connectivity index (χ1n) is 8.46. The van der Waals surface area contributed by atoms with Crippen LogP contribution in [0.1, 0.15) is 47.1 Å². The molecule has 1 unspecified atom stereocenters. The van der Waals surface area contributed by atoms with E-state index in [1.54, 1.807) is 25.7 Å². The summed E-state index contributed by atoms with van der Waals surface area (Å²) in [5.41, 5.74) is 0.468. The van der Waals surface area contributed by atoms with Gasteiger partial charge < -0.3 is 15.0 Å². The highest BCUT2D eigenvalue weighted by molar-refractivity contribution is 5.86. The largest absolute Gasteiger partial charge is 0.444 e. The van der Waals surface area contributed by atoms with Crippen LogP contribution in [0.25, 0.3) is 0 Å². The van der Waals surface area contributed by atoms with Crippen LogP contribution in [-0.2, 0) is 16.1 Å². The molecule has 0 aliphatic heterocycles. The van der Waals surface area contributed by atoms with Crippen LogP contribution in [0, 0.1) is 5.92 Å². The average Bonchev–Trinajstić information content (AvgIpc) is 2.48. The molecule has 1 atom stereocenters. The molecule has 0 saturated heterocycles. The molecule has 2 amide bonds. The van der Waals surface area contributed by atoms with Crippen LogP contribution in [0.4, 0.5) is 4.79 Å². The smallest absolute Gasteiger partial charge is 0.408 e. The van der Waals surface area contributed by atoms with E-state index in [1.165, 1.54) is 0 Å². The second-order valence-corrected chi connectivity index (χ2v) is 7.21. The average molecular weight is 334 g/mol. The zero-order valence-electron chi connectivity index (χ0n) is 15.6. The number of likely N-dealkylation sites (N-methyl/N-ethyl adjacent to an activating group) is 1. The summed E-state index contributed by atoms with van der Waals surface area (Å²) in [4.78, 5) is 26.7. The highest BCUT2D eigenvalue weighted by Crippen LogP contribution is 2.12. The lowest BCUT2D eigenvalue weighted by Gasteiger charge is -2.30. The predicted molar refractivity (Wildman–Crippen MR) is 95.5 cm³/mol. The van der Waals surface area contributed by atoms with Crippen molar-refractivity contribution >= 4 is 12.0 Å². The summed E-state index contributed by atoms with van der Waals surface area (Å²) < 4.78 is 5.28. The number of ether oxygens (including phenoxy) is 1. The number of carbonyl (C=O) groups is 2. The Morgan fingerprint density at radius 1 is 1.17 bits per heavy atom. The van der Waals surface area contributed by atoms with Crippen LogP contribution < -0.4 is 5.32 Å². The van der Waals surface area contributed by atoms with Gasteiger partial charge in [0.25, 0.3) is 0 Å². The fraction of sp³-hybridized carbons (Fsp3) is 0.579. The maximum absolute atomic E-state index is 12.9. The minimum atomic E-state index is -0.608. The van der Waals surface area contributed by atoms with E-state index in [0.717, 1.165) is 5.56 Å². The molecular formula is C19H30N2O3. The van der Waals surface area contributed by atoms with Crippen molar-refractivity contribution in [2.45, 2.75) is 59.7 Å². The van der Waals surface area contributed by atoms with Crippen LogP contribution in [0.5, 0.6) is 0 Å². The van der Waals surface area contributed by atoms with Crippen molar-refractivity contribution in [1.29, 1.82) is 0 Å². The van der Waals surface area contributed by atoms with Crippen molar-refractivity contribution in [3.8, 4) is 0 Å². The third-order valence-electron chi connectivity index (χ3n) is 3.51. The van der Waals surface area contributed by atoms with E-state index in [-0.39, 0.29) is 11.8 Å². The van der Waals surface area contributed by atoms with E-state index in [2.05, 4.69) is 5.32 Å². The first-order valence-corrected chi connectivity index (χ1v) is 8.46. The van der Waals surface area contributed by atoms with Crippen molar-refractivity contribution < 1.29 is 14.3 Å². The highest BCUT2D eigenvalue weighted by Gasteiger charge is 2.29. The van der Waals surface area contributed by atoms with E-state index < -0.39 is 17.7 Å². The first kappa shape index (κ1) is 20.0. The maximum Gasteiger partial charge on any atom is 0.408 e. The lowest BCUT2D eigenvalue weighted by Crippen LogP contribution is -2.52. The Kier molecular flexibility index (Phi) is 7.26. The fourth-order valence-corrected chi connectivity index (χ4v) is 2.29. The standard InChI is InChI=1S/C19H30N2O3/c1-7-21(13-15-11-9-8-10-12-15)17(22)16(14(2)3)20-18(23)24-19(4,5)6/h8-12,14,16H,7,13H2,1-6H3,(H,20,23). The number of hydrogen-bond donors (Lipinski definition) is 1. The van der Waals surface area contributed by atoms with Crippen LogP contribution >= 0.6 is 0 Å². The molecule has 0 heterocycles. The maximum atomic E-state index is 12.9. The zero-order valence-corrected chi connectivity index (χ0v) is 15.6. The number of nitrogens with one attached hydrogen (secondary N) is 1. The molecule has 24 heavy (non-hydrogen) atoms. The van der Waals surface area contributed by atoms with Crippen molar-refractivity contribution in [3.63, 3.8) is 0 Å². The lowest BCUT2D eigenvalue weighted by molar-refractivity contribution is -0.135. The number of benzene rings is 1. The van der Waals surface area contributed by atoms with Gasteiger partial charge in [0.1, 0.15) is 11.6 Å². The number of nitrogens with zero attached hydrogens (tertiary/aromatic N) is 1. The number of hydrogen-bond acceptors (Lipinski definition) is 3. The van der Waals surface area contributed by atoms with E-state index in [4.69, 9.17) is 4.74 Å². The Balaban J connectivity index is 2.81. The molecule has 0 fully saturated rings. The van der Waals surface area contributed by atoms with Gasteiger partial charge in [0.05, 0.1) is 0 Å². The molecule has 5 nitrogen and oxygen atoms in total. The Morgan fingerprint density at radius 2 is 1.75 bits per heavy atom. The van der Waals surface area contributed by atoms with Gasteiger partial charge in [-0.1, -0.05) is 44.2 Å². The number of carbonyl (C=O) groups excluding carboxylic acids is 2. The van der Waals surface area contributed by atoms with Crippen LogP contribution in [0.15, 0.2) is 30.3 Å². The summed E-state index contributed by atoms with van der Waals surface area (Å²) in [5, 5.41) is 2.72. The molecule has 0 aliphatic rings. The van der Waals surface area contributed by atoms with E-state index >= 15 is 0 Å². The summed E-state index contributed by atoms with van der Waals surface area (Å²) >= 11 is 0. The summed E-state index contributed by atoms with van der Waals surface area (Å²) in [5.74, 6) is -0.128. The molecule has 0 aliphatic carbocycles. The Morgan fingerprint density at radius 3 is 2.21 bits per heavy atom. The molecule has 0 saturated carbocycles. The minimum absolute atomic E-state index is 0.0326. The van der Waals surface area contributed by atoms with Crippen molar-refractivity contribution in [2.24, 2.45) is 5.92 Å². The minimum Gasteiger partial charge on any atom is -0.444 e. The normalized spacial score (nSPS) is 12.6. The van der Waals surface area contributed by atoms with Gasteiger partial charge in [-0.25, -0.2) is 4.79 Å². The van der Waals surface area contributed by atoms with Crippen LogP contribution in [0.2, 0.25) is 0 Å². The number of rotatable bonds is 6. The highest BCUT2D eigenvalue weighted by atomic mass is 16.6. The monoisotopic (exact) mass is 334 g/mol. The van der Waals surface area contributed by atoms with Gasteiger partial charge in [0, 0.05) is 13.1 Å². The van der Waals surface area contributed by atoms with Crippen molar-refractivity contribution in [3.05, 3.63) is 35.9 Å². The van der Waals surface area contributed by atoms with E-state index in [9.17, 15) is 9.59 Å². The lowest BCUT2D eigenvalue weighted by atomic mass is 10.0. The second-order valence-electron chi connectivity index (χ2n) is 7.21. The molecule has 0 bridgehead atoms. The van der Waals surface area contributed by atoms with Crippen LogP contribution in [0.3, 0.4) is 0 Å². The zero-order chi connectivity index (χ0) is 18.3. The van der Waals surface area contributed by atoms with Crippen molar-refractivity contribution in [2.75, 3.05) is 6.54 Å². The van der Waals surface area contributed by atoms with Gasteiger partial charge >= 0.3 is 6.09 Å². The number of amides is 2. The molecule has 0 aromatic heterocycles. The molecule has 1 aromatic carbocycles. The van der Waals surface area contributed by atoms with E-state index in [0.29, 0.717) is 13.1 Å². The summed E-state index contributed by atoms with van der Waals surface area (Å²) in [7, 11) is 0. The molecule has 134 valence electrons. The van der Waals surface area contributed by atoms with E-state index in [1.807, 2.05) is 51.1 Å². The molecule has 1 aromatic rings. The van der Waals surface area contributed by atoms with Gasteiger partial charge in [-0.2, -0.15) is 0 Å². The van der Waals surface area contributed by atoms with Gasteiger partial charge in [0.2, 0.25) is 5.91 Å². The summed E-state index contributed by atoms with van der Waals surface area (Å²) in [6.45, 7) is 12.3. The van der Waals surface area contributed by atoms with Gasteiger partial charge in [-0.05, 0) is 39.2 Å². The van der Waals surface area contributed by atoms with Crippen molar-refractivity contribution in [1.82, 2.24) is 10.2 Å². The topological polar surface area (TPSA) is 58.6 Å². The fourth-order valence-electron chi connectivity index (χ4n) is 2.29. The summed E-state index contributed by atoms with van der Waals surface area (Å²) in [6, 6.07) is 9.22. The summed E-state index contributed by atoms with van der Waals surface area (Å²) in [6.07, 6.45) is -0.565. The Labute approximate surface area is 145 Å². The molecule has 0 radical (unpaired) electrons. The van der Waals surface area contributed by atoms with Crippen LogP contribution in [-0.4, -0.2) is 35.1 Å². The SMILES string of the molecule is CCN(Cc1ccccc1)C(=O)C(NC(=O)OC(C)(C)C)C(C)C.